The third-order valence-corrected chi connectivity index (χ3v) is 5.02. The topological polar surface area (TPSA) is 51.9 Å². The summed E-state index contributed by atoms with van der Waals surface area (Å²) in [4.78, 5) is 13.1. The van der Waals surface area contributed by atoms with E-state index in [2.05, 4.69) is 18.3 Å². The van der Waals surface area contributed by atoms with Gasteiger partial charge >= 0.3 is 0 Å². The lowest BCUT2D eigenvalue weighted by Crippen LogP contribution is -2.25. The van der Waals surface area contributed by atoms with Crippen LogP contribution in [0.4, 0.5) is 0 Å². The Morgan fingerprint density at radius 3 is 2.48 bits per heavy atom. The molecule has 4 aromatic rings. The Morgan fingerprint density at radius 1 is 1.00 bits per heavy atom. The van der Waals surface area contributed by atoms with Crippen molar-refractivity contribution in [1.29, 1.82) is 0 Å². The van der Waals surface area contributed by atoms with Crippen LogP contribution in [0, 0.1) is 13.8 Å². The minimum atomic E-state index is -0.151. The lowest BCUT2D eigenvalue weighted by atomic mass is 10.1. The van der Waals surface area contributed by atoms with Gasteiger partial charge in [0.1, 0.15) is 11.4 Å². The van der Waals surface area contributed by atoms with E-state index in [4.69, 9.17) is 5.10 Å². The summed E-state index contributed by atoms with van der Waals surface area (Å²) in [5.74, 6) is -0.151. The molecule has 1 amide bonds. The maximum absolute atomic E-state index is 13.1. The van der Waals surface area contributed by atoms with Crippen molar-refractivity contribution < 1.29 is 4.79 Å². The normalized spacial score (nSPS) is 10.9. The number of benzene rings is 2. The predicted octanol–water partition coefficient (Wildman–Crippen LogP) is 4.42. The van der Waals surface area contributed by atoms with E-state index in [0.29, 0.717) is 12.2 Å². The minimum absolute atomic E-state index is 0.151. The van der Waals surface area contributed by atoms with Crippen LogP contribution in [0.3, 0.4) is 0 Å². The number of carbonyl (C=O) groups is 1. The molecule has 0 saturated carbocycles. The van der Waals surface area contributed by atoms with Gasteiger partial charge in [0.25, 0.3) is 5.91 Å². The SMILES string of the molecule is Cc1ccc(-n2nc(-c3cccn3C)cc2C(=O)NCc2ccccc2)c(C)c1. The summed E-state index contributed by atoms with van der Waals surface area (Å²) in [7, 11) is 1.97. The van der Waals surface area contributed by atoms with E-state index in [1.165, 1.54) is 5.56 Å². The first-order valence-electron chi connectivity index (χ1n) is 9.64. The molecule has 0 bridgehead atoms. The third-order valence-electron chi connectivity index (χ3n) is 5.02. The number of hydrogen-bond acceptors (Lipinski definition) is 2. The highest BCUT2D eigenvalue weighted by molar-refractivity contribution is 5.94. The fourth-order valence-electron chi connectivity index (χ4n) is 3.49. The second-order valence-electron chi connectivity index (χ2n) is 7.29. The average Bonchev–Trinajstić information content (AvgIpc) is 3.33. The maximum Gasteiger partial charge on any atom is 0.270 e. The highest BCUT2D eigenvalue weighted by atomic mass is 16.2. The number of aryl methyl sites for hydroxylation is 3. The second-order valence-corrected chi connectivity index (χ2v) is 7.29. The van der Waals surface area contributed by atoms with Crippen LogP contribution in [0.2, 0.25) is 0 Å². The fourth-order valence-corrected chi connectivity index (χ4v) is 3.49. The van der Waals surface area contributed by atoms with Crippen LogP contribution in [0.5, 0.6) is 0 Å². The van der Waals surface area contributed by atoms with Gasteiger partial charge in [0.05, 0.1) is 11.4 Å². The van der Waals surface area contributed by atoms with Crippen LogP contribution >= 0.6 is 0 Å². The van der Waals surface area contributed by atoms with E-state index < -0.39 is 0 Å². The molecule has 0 aliphatic rings. The molecule has 0 aliphatic carbocycles. The number of rotatable bonds is 5. The van der Waals surface area contributed by atoms with Gasteiger partial charge in [-0.05, 0) is 49.2 Å². The summed E-state index contributed by atoms with van der Waals surface area (Å²) in [6, 6.07) is 21.9. The summed E-state index contributed by atoms with van der Waals surface area (Å²) >= 11 is 0. The van der Waals surface area contributed by atoms with E-state index in [9.17, 15) is 4.79 Å². The monoisotopic (exact) mass is 384 g/mol. The second kappa shape index (κ2) is 7.80. The molecule has 4 rings (SSSR count). The van der Waals surface area contributed by atoms with E-state index in [0.717, 1.165) is 28.2 Å². The quantitative estimate of drug-likeness (QED) is 0.554. The van der Waals surface area contributed by atoms with Crippen molar-refractivity contribution >= 4 is 5.91 Å². The van der Waals surface area contributed by atoms with Gasteiger partial charge in [-0.2, -0.15) is 5.10 Å². The summed E-state index contributed by atoms with van der Waals surface area (Å²) in [6.07, 6.45) is 1.97. The number of nitrogens with zero attached hydrogens (tertiary/aromatic N) is 3. The van der Waals surface area contributed by atoms with Crippen molar-refractivity contribution in [2.45, 2.75) is 20.4 Å². The Hall–Kier alpha value is -3.60. The molecule has 2 aromatic heterocycles. The number of amides is 1. The molecule has 1 N–H and O–H groups in total. The van der Waals surface area contributed by atoms with Crippen LogP contribution in [0.25, 0.3) is 17.1 Å². The van der Waals surface area contributed by atoms with Gasteiger partial charge in [0.15, 0.2) is 0 Å². The minimum Gasteiger partial charge on any atom is -0.349 e. The van der Waals surface area contributed by atoms with Gasteiger partial charge in [-0.25, -0.2) is 4.68 Å². The zero-order chi connectivity index (χ0) is 20.4. The van der Waals surface area contributed by atoms with Gasteiger partial charge < -0.3 is 9.88 Å². The molecule has 146 valence electrons. The Bertz CT molecular complexity index is 1150. The largest absolute Gasteiger partial charge is 0.349 e. The molecular weight excluding hydrogens is 360 g/mol. The van der Waals surface area contributed by atoms with Crippen molar-refractivity contribution in [2.75, 3.05) is 0 Å². The Morgan fingerprint density at radius 2 is 1.79 bits per heavy atom. The predicted molar refractivity (Wildman–Crippen MR) is 115 cm³/mol. The third kappa shape index (κ3) is 3.85. The molecule has 5 nitrogen and oxygen atoms in total. The first kappa shape index (κ1) is 18.7. The van der Waals surface area contributed by atoms with Crippen molar-refractivity contribution in [3.05, 3.63) is 95.3 Å². The van der Waals surface area contributed by atoms with Gasteiger partial charge in [0, 0.05) is 19.8 Å². The number of hydrogen-bond donors (Lipinski definition) is 1. The molecule has 0 fully saturated rings. The van der Waals surface area contributed by atoms with Crippen LogP contribution in [0.1, 0.15) is 27.2 Å². The lowest BCUT2D eigenvalue weighted by Gasteiger charge is -2.11. The van der Waals surface area contributed by atoms with Gasteiger partial charge in [-0.3, -0.25) is 4.79 Å². The lowest BCUT2D eigenvalue weighted by molar-refractivity contribution is 0.0943. The van der Waals surface area contributed by atoms with E-state index >= 15 is 0 Å². The standard InChI is InChI=1S/C24H24N4O/c1-17-11-12-21(18(2)14-17)28-23(15-20(26-28)22-10-7-13-27(22)3)24(29)25-16-19-8-5-4-6-9-19/h4-15H,16H2,1-3H3,(H,25,29). The van der Waals surface area contributed by atoms with Gasteiger partial charge in [0.2, 0.25) is 0 Å². The van der Waals surface area contributed by atoms with Crippen molar-refractivity contribution in [3.8, 4) is 17.1 Å². The highest BCUT2D eigenvalue weighted by Gasteiger charge is 2.19. The van der Waals surface area contributed by atoms with Crippen molar-refractivity contribution in [1.82, 2.24) is 19.7 Å². The van der Waals surface area contributed by atoms with Crippen LogP contribution in [-0.4, -0.2) is 20.3 Å². The zero-order valence-electron chi connectivity index (χ0n) is 16.9. The highest BCUT2D eigenvalue weighted by Crippen LogP contribution is 2.24. The summed E-state index contributed by atoms with van der Waals surface area (Å²) < 4.78 is 3.75. The molecule has 29 heavy (non-hydrogen) atoms. The molecule has 0 saturated heterocycles. The maximum atomic E-state index is 13.1. The molecular formula is C24H24N4O. The Labute approximate surface area is 170 Å². The molecule has 2 heterocycles. The van der Waals surface area contributed by atoms with E-state index in [1.54, 1.807) is 4.68 Å². The van der Waals surface area contributed by atoms with E-state index in [-0.39, 0.29) is 5.91 Å². The molecule has 0 unspecified atom stereocenters. The van der Waals surface area contributed by atoms with Crippen molar-refractivity contribution in [3.63, 3.8) is 0 Å². The molecule has 0 aliphatic heterocycles. The molecule has 0 atom stereocenters. The summed E-state index contributed by atoms with van der Waals surface area (Å²) in [6.45, 7) is 4.57. The molecule has 2 aromatic carbocycles. The first-order valence-corrected chi connectivity index (χ1v) is 9.64. The van der Waals surface area contributed by atoms with Crippen LogP contribution in [0.15, 0.2) is 72.9 Å². The fraction of sp³-hybridized carbons (Fsp3) is 0.167. The van der Waals surface area contributed by atoms with Gasteiger partial charge in [-0.15, -0.1) is 0 Å². The van der Waals surface area contributed by atoms with E-state index in [1.807, 2.05) is 85.4 Å². The van der Waals surface area contributed by atoms with Crippen LogP contribution in [-0.2, 0) is 13.6 Å². The number of carbonyl (C=O) groups excluding carboxylic acids is 1. The smallest absolute Gasteiger partial charge is 0.270 e. The average molecular weight is 384 g/mol. The molecule has 0 radical (unpaired) electrons. The van der Waals surface area contributed by atoms with Crippen molar-refractivity contribution in [2.24, 2.45) is 7.05 Å². The zero-order valence-corrected chi connectivity index (χ0v) is 16.9. The first-order chi connectivity index (χ1) is 14.0. The molecule has 0 spiro atoms. The Balaban J connectivity index is 1.73. The van der Waals surface area contributed by atoms with Gasteiger partial charge in [-0.1, -0.05) is 48.0 Å². The Kier molecular flexibility index (Phi) is 5.04. The number of nitrogens with one attached hydrogen (secondary N) is 1. The number of aromatic nitrogens is 3. The summed E-state index contributed by atoms with van der Waals surface area (Å²) in [5.41, 5.74) is 6.46. The summed E-state index contributed by atoms with van der Waals surface area (Å²) in [5, 5.41) is 7.81. The van der Waals surface area contributed by atoms with Crippen LogP contribution < -0.4 is 5.32 Å². The molecule has 5 heteroatoms.